The third-order valence-corrected chi connectivity index (χ3v) is 3.11. The van der Waals surface area contributed by atoms with E-state index in [-0.39, 0.29) is 10.6 Å². The maximum Gasteiger partial charge on any atom is 0.278 e. The normalized spacial score (nSPS) is 17.0. The molecule has 1 saturated heterocycles. The Balaban J connectivity index is 2.17. The van der Waals surface area contributed by atoms with E-state index in [1.54, 1.807) is 12.1 Å². The molecule has 0 aliphatic carbocycles. The van der Waals surface area contributed by atoms with Gasteiger partial charge in [-0.2, -0.15) is 0 Å². The van der Waals surface area contributed by atoms with Crippen LogP contribution in [0.5, 0.6) is 0 Å². The summed E-state index contributed by atoms with van der Waals surface area (Å²) in [5, 5.41) is 11.4. The van der Waals surface area contributed by atoms with Crippen LogP contribution in [0.3, 0.4) is 0 Å². The summed E-state index contributed by atoms with van der Waals surface area (Å²) < 4.78 is 5.26. The van der Waals surface area contributed by atoms with Crippen LogP contribution >= 0.6 is 11.6 Å². The zero-order valence-electron chi connectivity index (χ0n) is 9.32. The van der Waals surface area contributed by atoms with Gasteiger partial charge in [0.1, 0.15) is 19.6 Å². The van der Waals surface area contributed by atoms with Crippen molar-refractivity contribution in [3.63, 3.8) is 0 Å². The summed E-state index contributed by atoms with van der Waals surface area (Å²) in [6, 6.07) is 4.71. The van der Waals surface area contributed by atoms with E-state index in [0.29, 0.717) is 30.3 Å². The average molecular weight is 258 g/mol. The number of ether oxygens (including phenoxy) is 1. The number of hydrogen-bond acceptors (Lipinski definition) is 3. The Morgan fingerprint density at radius 3 is 2.76 bits per heavy atom. The summed E-state index contributed by atoms with van der Waals surface area (Å²) in [5.41, 5.74) is 0.841. The molecule has 0 saturated carbocycles. The highest BCUT2D eigenvalue weighted by Gasteiger charge is 2.20. The number of hydrogen-bond donors (Lipinski definition) is 1. The van der Waals surface area contributed by atoms with E-state index >= 15 is 0 Å². The zero-order valence-corrected chi connectivity index (χ0v) is 10.1. The van der Waals surface area contributed by atoms with E-state index in [1.807, 2.05) is 0 Å². The van der Waals surface area contributed by atoms with Crippen LogP contribution in [0, 0.1) is 10.1 Å². The van der Waals surface area contributed by atoms with Crippen molar-refractivity contribution < 1.29 is 14.6 Å². The van der Waals surface area contributed by atoms with E-state index in [4.69, 9.17) is 16.3 Å². The van der Waals surface area contributed by atoms with Gasteiger partial charge in [0.15, 0.2) is 0 Å². The van der Waals surface area contributed by atoms with Gasteiger partial charge in [-0.15, -0.1) is 0 Å². The van der Waals surface area contributed by atoms with Gasteiger partial charge in [-0.25, -0.2) is 0 Å². The summed E-state index contributed by atoms with van der Waals surface area (Å²) in [5.74, 6) is 0. The van der Waals surface area contributed by atoms with Crippen molar-refractivity contribution in [2.24, 2.45) is 0 Å². The molecule has 1 N–H and O–H groups in total. The minimum atomic E-state index is -0.356. The molecular formula is C11H14ClN2O3+. The van der Waals surface area contributed by atoms with Gasteiger partial charge < -0.3 is 9.64 Å². The number of quaternary nitrogens is 1. The molecule has 5 nitrogen and oxygen atoms in total. The van der Waals surface area contributed by atoms with E-state index in [0.717, 1.165) is 13.1 Å². The number of morpholine rings is 1. The molecule has 0 radical (unpaired) electrons. The third-order valence-electron chi connectivity index (χ3n) is 2.88. The maximum atomic E-state index is 10.9. The second kappa shape index (κ2) is 5.44. The fraction of sp³-hybridized carbons (Fsp3) is 0.455. The van der Waals surface area contributed by atoms with Gasteiger partial charge >= 0.3 is 0 Å². The number of nitrogens with one attached hydrogen (secondary N) is 1. The molecule has 17 heavy (non-hydrogen) atoms. The summed E-state index contributed by atoms with van der Waals surface area (Å²) in [6.45, 7) is 3.81. The van der Waals surface area contributed by atoms with Crippen molar-refractivity contribution in [3.05, 3.63) is 38.9 Å². The van der Waals surface area contributed by atoms with Crippen molar-refractivity contribution >= 4 is 17.3 Å². The van der Waals surface area contributed by atoms with Crippen LogP contribution in [-0.2, 0) is 11.3 Å². The predicted octanol–water partition coefficient (Wildman–Crippen LogP) is 0.663. The lowest BCUT2D eigenvalue weighted by atomic mass is 10.1. The van der Waals surface area contributed by atoms with Crippen LogP contribution in [0.4, 0.5) is 5.69 Å². The Kier molecular flexibility index (Phi) is 3.93. The topological polar surface area (TPSA) is 56.8 Å². The standard InChI is InChI=1S/C11H13ClN2O3/c12-10-1-2-11(14(15)16)9(7-10)8-13-3-5-17-6-4-13/h1-2,7H,3-6,8H2/p+1. The minimum absolute atomic E-state index is 0.147. The number of nitrogens with zero attached hydrogens (tertiary/aromatic N) is 1. The number of benzene rings is 1. The molecule has 2 rings (SSSR count). The summed E-state index contributed by atoms with van der Waals surface area (Å²) in [6.07, 6.45) is 0. The smallest absolute Gasteiger partial charge is 0.278 e. The molecular weight excluding hydrogens is 244 g/mol. The van der Waals surface area contributed by atoms with Crippen molar-refractivity contribution in [3.8, 4) is 0 Å². The van der Waals surface area contributed by atoms with E-state index in [1.165, 1.54) is 11.0 Å². The number of halogens is 1. The van der Waals surface area contributed by atoms with Gasteiger partial charge in [0.2, 0.25) is 0 Å². The average Bonchev–Trinajstić information content (AvgIpc) is 2.30. The first-order chi connectivity index (χ1) is 8.16. The Morgan fingerprint density at radius 2 is 2.12 bits per heavy atom. The molecule has 0 bridgehead atoms. The number of nitro benzene ring substituents is 1. The van der Waals surface area contributed by atoms with Gasteiger partial charge in [0.25, 0.3) is 5.69 Å². The Morgan fingerprint density at radius 1 is 1.41 bits per heavy atom. The van der Waals surface area contributed by atoms with Crippen molar-refractivity contribution in [1.29, 1.82) is 0 Å². The molecule has 1 aromatic carbocycles. The Bertz CT molecular complexity index is 419. The van der Waals surface area contributed by atoms with Crippen LogP contribution in [0.2, 0.25) is 5.02 Å². The molecule has 1 aliphatic heterocycles. The summed E-state index contributed by atoms with van der Waals surface area (Å²) in [7, 11) is 0. The molecule has 1 aliphatic rings. The molecule has 1 aromatic rings. The number of rotatable bonds is 3. The van der Waals surface area contributed by atoms with Crippen molar-refractivity contribution in [1.82, 2.24) is 0 Å². The lowest BCUT2D eigenvalue weighted by Crippen LogP contribution is -3.12. The van der Waals surface area contributed by atoms with Gasteiger partial charge in [-0.1, -0.05) is 11.6 Å². The monoisotopic (exact) mass is 257 g/mol. The van der Waals surface area contributed by atoms with Crippen LogP contribution < -0.4 is 4.90 Å². The third kappa shape index (κ3) is 3.15. The van der Waals surface area contributed by atoms with E-state index in [9.17, 15) is 10.1 Å². The molecule has 0 amide bonds. The van der Waals surface area contributed by atoms with Gasteiger partial charge in [-0.05, 0) is 12.1 Å². The largest absolute Gasteiger partial charge is 0.370 e. The first kappa shape index (κ1) is 12.3. The minimum Gasteiger partial charge on any atom is -0.370 e. The highest BCUT2D eigenvalue weighted by molar-refractivity contribution is 6.30. The predicted molar refractivity (Wildman–Crippen MR) is 63.3 cm³/mol. The van der Waals surface area contributed by atoms with Gasteiger partial charge in [0, 0.05) is 11.1 Å². The first-order valence-electron chi connectivity index (χ1n) is 5.51. The highest BCUT2D eigenvalue weighted by atomic mass is 35.5. The van der Waals surface area contributed by atoms with Gasteiger partial charge in [-0.3, -0.25) is 10.1 Å². The Hall–Kier alpha value is -1.17. The van der Waals surface area contributed by atoms with E-state index < -0.39 is 0 Å². The lowest BCUT2D eigenvalue weighted by Gasteiger charge is -2.23. The maximum absolute atomic E-state index is 10.9. The van der Waals surface area contributed by atoms with Gasteiger partial charge in [0.05, 0.1) is 23.7 Å². The fourth-order valence-corrected chi connectivity index (χ4v) is 2.17. The molecule has 0 aromatic heterocycles. The van der Waals surface area contributed by atoms with Crippen LogP contribution in [0.1, 0.15) is 5.56 Å². The SMILES string of the molecule is O=[N+]([O-])c1ccc(Cl)cc1C[NH+]1CCOCC1. The zero-order chi connectivity index (χ0) is 12.3. The molecule has 6 heteroatoms. The molecule has 0 unspecified atom stereocenters. The molecule has 0 atom stereocenters. The van der Waals surface area contributed by atoms with E-state index in [2.05, 4.69) is 0 Å². The van der Waals surface area contributed by atoms with Crippen molar-refractivity contribution in [2.45, 2.75) is 6.54 Å². The number of nitro groups is 1. The molecule has 1 heterocycles. The van der Waals surface area contributed by atoms with Crippen molar-refractivity contribution in [2.75, 3.05) is 26.3 Å². The summed E-state index contributed by atoms with van der Waals surface area (Å²) >= 11 is 5.88. The molecule has 1 fully saturated rings. The Labute approximate surface area is 104 Å². The molecule has 0 spiro atoms. The summed E-state index contributed by atoms with van der Waals surface area (Å²) in [4.78, 5) is 11.8. The first-order valence-corrected chi connectivity index (χ1v) is 5.89. The fourth-order valence-electron chi connectivity index (χ4n) is 1.98. The lowest BCUT2D eigenvalue weighted by molar-refractivity contribution is -0.921. The molecule has 92 valence electrons. The quantitative estimate of drug-likeness (QED) is 0.639. The second-order valence-corrected chi connectivity index (χ2v) is 4.51. The van der Waals surface area contributed by atoms with Crippen LogP contribution in [0.25, 0.3) is 0 Å². The van der Waals surface area contributed by atoms with Crippen LogP contribution in [0.15, 0.2) is 18.2 Å². The van der Waals surface area contributed by atoms with Crippen LogP contribution in [-0.4, -0.2) is 31.2 Å². The highest BCUT2D eigenvalue weighted by Crippen LogP contribution is 2.21. The second-order valence-electron chi connectivity index (χ2n) is 4.07.